The van der Waals surface area contributed by atoms with Crippen molar-refractivity contribution >= 4 is 6.03 Å². The molecule has 4 heteroatoms. The smallest absolute Gasteiger partial charge is 0.317 e. The topological polar surface area (TPSA) is 58.4 Å². The number of urea groups is 1. The molecule has 0 rings (SSSR count). The Morgan fingerprint density at radius 1 is 1.33 bits per heavy atom. The van der Waals surface area contributed by atoms with Gasteiger partial charge in [-0.15, -0.1) is 0 Å². The highest BCUT2D eigenvalue weighted by molar-refractivity contribution is 5.74. The Balaban J connectivity index is 4.10. The molecule has 0 aromatic rings. The van der Waals surface area contributed by atoms with Crippen LogP contribution in [-0.4, -0.2) is 36.6 Å². The molecule has 0 aliphatic rings. The molecule has 0 saturated carbocycles. The molecule has 0 aromatic heterocycles. The van der Waals surface area contributed by atoms with Crippen molar-refractivity contribution in [3.8, 4) is 0 Å². The molecule has 0 radical (unpaired) electrons. The number of nitrogens with zero attached hydrogens (tertiary/aromatic N) is 1. The van der Waals surface area contributed by atoms with Crippen LogP contribution in [0.1, 0.15) is 34.1 Å². The first-order valence-electron chi connectivity index (χ1n) is 5.80. The van der Waals surface area contributed by atoms with Gasteiger partial charge in [0.05, 0.1) is 0 Å². The zero-order valence-corrected chi connectivity index (χ0v) is 10.4. The van der Waals surface area contributed by atoms with Crippen molar-refractivity contribution in [3.05, 3.63) is 0 Å². The van der Waals surface area contributed by atoms with Crippen molar-refractivity contribution in [2.24, 2.45) is 11.7 Å². The van der Waals surface area contributed by atoms with Crippen LogP contribution in [-0.2, 0) is 0 Å². The monoisotopic (exact) mass is 215 g/mol. The summed E-state index contributed by atoms with van der Waals surface area (Å²) in [5.41, 5.74) is 5.62. The zero-order valence-electron chi connectivity index (χ0n) is 10.4. The molecule has 0 spiro atoms. The van der Waals surface area contributed by atoms with Crippen molar-refractivity contribution in [2.75, 3.05) is 19.6 Å². The van der Waals surface area contributed by atoms with E-state index in [1.165, 1.54) is 0 Å². The fourth-order valence-electron chi connectivity index (χ4n) is 1.56. The zero-order chi connectivity index (χ0) is 11.8. The fourth-order valence-corrected chi connectivity index (χ4v) is 1.56. The average Bonchev–Trinajstić information content (AvgIpc) is 2.17. The van der Waals surface area contributed by atoms with Gasteiger partial charge >= 0.3 is 6.03 Å². The summed E-state index contributed by atoms with van der Waals surface area (Å²) in [5, 5.41) is 2.96. The molecule has 0 aliphatic carbocycles. The second-order valence-corrected chi connectivity index (χ2v) is 4.18. The predicted molar refractivity (Wildman–Crippen MR) is 63.8 cm³/mol. The van der Waals surface area contributed by atoms with Crippen LogP contribution in [0.3, 0.4) is 0 Å². The lowest BCUT2D eigenvalue weighted by molar-refractivity contribution is 0.197. The first-order chi connectivity index (χ1) is 7.04. The van der Waals surface area contributed by atoms with E-state index >= 15 is 0 Å². The van der Waals surface area contributed by atoms with Crippen LogP contribution >= 0.6 is 0 Å². The van der Waals surface area contributed by atoms with Gasteiger partial charge in [0, 0.05) is 25.7 Å². The molecule has 0 bridgehead atoms. The van der Waals surface area contributed by atoms with Gasteiger partial charge in [0.2, 0.25) is 0 Å². The minimum absolute atomic E-state index is 0.00361. The molecule has 0 unspecified atom stereocenters. The van der Waals surface area contributed by atoms with Crippen molar-refractivity contribution in [1.29, 1.82) is 0 Å². The Morgan fingerprint density at radius 3 is 2.20 bits per heavy atom. The highest BCUT2D eigenvalue weighted by Crippen LogP contribution is 2.04. The maximum Gasteiger partial charge on any atom is 0.317 e. The van der Waals surface area contributed by atoms with Gasteiger partial charge in [0.25, 0.3) is 0 Å². The highest BCUT2D eigenvalue weighted by Gasteiger charge is 2.15. The van der Waals surface area contributed by atoms with Crippen LogP contribution < -0.4 is 11.1 Å². The molecule has 0 saturated heterocycles. The number of rotatable bonds is 6. The molecule has 0 heterocycles. The van der Waals surface area contributed by atoms with Crippen LogP contribution in [0.25, 0.3) is 0 Å². The molecule has 3 N–H and O–H groups in total. The quantitative estimate of drug-likeness (QED) is 0.704. The first kappa shape index (κ1) is 14.2. The van der Waals surface area contributed by atoms with E-state index in [1.54, 1.807) is 4.90 Å². The molecule has 90 valence electrons. The standard InChI is InChI=1S/C11H25N3O/c1-5-14(6-2)11(15)13-10(8-12)7-9(3)4/h9-10H,5-8,12H2,1-4H3,(H,13,15)/t10-/m0/s1. The number of carbonyl (C=O) groups excluding carboxylic acids is 1. The van der Waals surface area contributed by atoms with Gasteiger partial charge in [-0.2, -0.15) is 0 Å². The number of carbonyl (C=O) groups is 1. The lowest BCUT2D eigenvalue weighted by Gasteiger charge is -2.24. The van der Waals surface area contributed by atoms with Crippen LogP contribution in [0.5, 0.6) is 0 Å². The number of amides is 2. The predicted octanol–water partition coefficient (Wildman–Crippen LogP) is 1.41. The second-order valence-electron chi connectivity index (χ2n) is 4.18. The Labute approximate surface area is 93.2 Å². The third kappa shape index (κ3) is 5.62. The van der Waals surface area contributed by atoms with E-state index in [0.717, 1.165) is 19.5 Å². The summed E-state index contributed by atoms with van der Waals surface area (Å²) in [4.78, 5) is 13.5. The highest BCUT2D eigenvalue weighted by atomic mass is 16.2. The molecule has 2 amide bonds. The van der Waals surface area contributed by atoms with E-state index in [-0.39, 0.29) is 12.1 Å². The van der Waals surface area contributed by atoms with Gasteiger partial charge in [0.1, 0.15) is 0 Å². The fraction of sp³-hybridized carbons (Fsp3) is 0.909. The Morgan fingerprint density at radius 2 is 1.87 bits per heavy atom. The first-order valence-corrected chi connectivity index (χ1v) is 5.80. The maximum atomic E-state index is 11.7. The molecule has 0 aliphatic heterocycles. The van der Waals surface area contributed by atoms with Gasteiger partial charge in [0.15, 0.2) is 0 Å². The number of nitrogens with one attached hydrogen (secondary N) is 1. The van der Waals surface area contributed by atoms with Crippen molar-refractivity contribution < 1.29 is 4.79 Å². The molecule has 0 aromatic carbocycles. The Bertz CT molecular complexity index is 179. The van der Waals surface area contributed by atoms with Gasteiger partial charge in [-0.25, -0.2) is 4.79 Å². The number of hydrogen-bond donors (Lipinski definition) is 2. The molecular formula is C11H25N3O. The van der Waals surface area contributed by atoms with Gasteiger partial charge < -0.3 is 16.0 Å². The number of nitrogens with two attached hydrogens (primary N) is 1. The van der Waals surface area contributed by atoms with E-state index in [0.29, 0.717) is 12.5 Å². The van der Waals surface area contributed by atoms with Crippen molar-refractivity contribution in [1.82, 2.24) is 10.2 Å². The summed E-state index contributed by atoms with van der Waals surface area (Å²) >= 11 is 0. The average molecular weight is 215 g/mol. The third-order valence-corrected chi connectivity index (χ3v) is 2.42. The Hall–Kier alpha value is -0.770. The third-order valence-electron chi connectivity index (χ3n) is 2.42. The molecule has 4 nitrogen and oxygen atoms in total. The van der Waals surface area contributed by atoms with E-state index in [4.69, 9.17) is 5.73 Å². The van der Waals surface area contributed by atoms with Gasteiger partial charge in [-0.1, -0.05) is 13.8 Å². The molecule has 0 fully saturated rings. The SMILES string of the molecule is CCN(CC)C(=O)N[C@H](CN)CC(C)C. The number of hydrogen-bond acceptors (Lipinski definition) is 2. The van der Waals surface area contributed by atoms with E-state index in [2.05, 4.69) is 19.2 Å². The van der Waals surface area contributed by atoms with Crippen molar-refractivity contribution in [2.45, 2.75) is 40.2 Å². The molecule has 1 atom stereocenters. The van der Waals surface area contributed by atoms with Crippen molar-refractivity contribution in [3.63, 3.8) is 0 Å². The summed E-state index contributed by atoms with van der Waals surface area (Å²) in [7, 11) is 0. The summed E-state index contributed by atoms with van der Waals surface area (Å²) < 4.78 is 0. The van der Waals surface area contributed by atoms with E-state index in [1.807, 2.05) is 13.8 Å². The van der Waals surface area contributed by atoms with Gasteiger partial charge in [-0.3, -0.25) is 0 Å². The maximum absolute atomic E-state index is 11.7. The van der Waals surface area contributed by atoms with Crippen LogP contribution in [0, 0.1) is 5.92 Å². The minimum atomic E-state index is -0.00361. The lowest BCUT2D eigenvalue weighted by atomic mass is 10.0. The summed E-state index contributed by atoms with van der Waals surface area (Å²) in [6, 6.07) is 0.0919. The molecule has 15 heavy (non-hydrogen) atoms. The van der Waals surface area contributed by atoms with Crippen LogP contribution in [0.4, 0.5) is 4.79 Å². The van der Waals surface area contributed by atoms with E-state index in [9.17, 15) is 4.79 Å². The summed E-state index contributed by atoms with van der Waals surface area (Å²) in [6.07, 6.45) is 0.934. The van der Waals surface area contributed by atoms with Gasteiger partial charge in [-0.05, 0) is 26.2 Å². The van der Waals surface area contributed by atoms with Crippen LogP contribution in [0.2, 0.25) is 0 Å². The molecular weight excluding hydrogens is 190 g/mol. The Kier molecular flexibility index (Phi) is 7.13. The summed E-state index contributed by atoms with van der Waals surface area (Å²) in [5.74, 6) is 0.551. The second kappa shape index (κ2) is 7.51. The lowest BCUT2D eigenvalue weighted by Crippen LogP contribution is -2.47. The van der Waals surface area contributed by atoms with Crippen LogP contribution in [0.15, 0.2) is 0 Å². The summed E-state index contributed by atoms with van der Waals surface area (Å²) in [6.45, 7) is 10.2. The minimum Gasteiger partial charge on any atom is -0.334 e. The largest absolute Gasteiger partial charge is 0.334 e. The normalized spacial score (nSPS) is 12.7. The van der Waals surface area contributed by atoms with E-state index < -0.39 is 0 Å².